The predicted octanol–water partition coefficient (Wildman–Crippen LogP) is 3.76. The highest BCUT2D eigenvalue weighted by molar-refractivity contribution is 6.00. The Morgan fingerprint density at radius 2 is 1.52 bits per heavy atom. The molecule has 106 valence electrons. The first-order valence-electron chi connectivity index (χ1n) is 6.20. The minimum atomic E-state index is -1.24. The van der Waals surface area contributed by atoms with Crippen molar-refractivity contribution in [3.8, 4) is 11.3 Å². The fourth-order valence-corrected chi connectivity index (χ4v) is 2.19. The number of benzene rings is 2. The van der Waals surface area contributed by atoms with Crippen molar-refractivity contribution in [2.45, 2.75) is 0 Å². The molecule has 1 heterocycles. The molecule has 0 bridgehead atoms. The maximum absolute atomic E-state index is 13.9. The normalized spacial score (nSPS) is 10.9. The molecule has 0 spiro atoms. The Labute approximate surface area is 118 Å². The van der Waals surface area contributed by atoms with Crippen LogP contribution in [0.4, 0.5) is 19.0 Å². The summed E-state index contributed by atoms with van der Waals surface area (Å²) in [7, 11) is 1.69. The first kappa shape index (κ1) is 13.4. The van der Waals surface area contributed by atoms with Crippen LogP contribution in [0.25, 0.3) is 22.0 Å². The highest BCUT2D eigenvalue weighted by Gasteiger charge is 2.16. The van der Waals surface area contributed by atoms with E-state index in [0.717, 1.165) is 6.07 Å². The molecule has 21 heavy (non-hydrogen) atoms. The van der Waals surface area contributed by atoms with E-state index in [-0.39, 0.29) is 11.3 Å². The van der Waals surface area contributed by atoms with E-state index in [2.05, 4.69) is 15.5 Å². The maximum Gasteiger partial charge on any atom is 0.161 e. The zero-order valence-electron chi connectivity index (χ0n) is 11.0. The van der Waals surface area contributed by atoms with E-state index in [1.165, 1.54) is 0 Å². The smallest absolute Gasteiger partial charge is 0.161 e. The van der Waals surface area contributed by atoms with Crippen LogP contribution in [0.1, 0.15) is 0 Å². The van der Waals surface area contributed by atoms with E-state index >= 15 is 0 Å². The number of hydrogen-bond donors (Lipinski definition) is 1. The molecule has 2 aromatic carbocycles. The molecule has 0 fully saturated rings. The molecule has 0 aliphatic carbocycles. The van der Waals surface area contributed by atoms with Gasteiger partial charge >= 0.3 is 0 Å². The van der Waals surface area contributed by atoms with Crippen LogP contribution in [-0.4, -0.2) is 17.2 Å². The van der Waals surface area contributed by atoms with Crippen LogP contribution in [-0.2, 0) is 0 Å². The summed E-state index contributed by atoms with van der Waals surface area (Å²) in [6, 6.07) is 8.37. The molecule has 0 unspecified atom stereocenters. The van der Waals surface area contributed by atoms with E-state index in [0.29, 0.717) is 22.7 Å². The lowest BCUT2D eigenvalue weighted by Gasteiger charge is -2.09. The SMILES string of the molecule is CNc1nnc(-c2cc(F)c(F)cc2F)c2ccccc12. The molecule has 0 saturated carbocycles. The Kier molecular flexibility index (Phi) is 3.21. The van der Waals surface area contributed by atoms with Gasteiger partial charge in [-0.25, -0.2) is 13.2 Å². The highest BCUT2D eigenvalue weighted by atomic mass is 19.2. The van der Waals surface area contributed by atoms with Crippen LogP contribution < -0.4 is 5.32 Å². The number of hydrogen-bond acceptors (Lipinski definition) is 3. The van der Waals surface area contributed by atoms with Crippen LogP contribution >= 0.6 is 0 Å². The van der Waals surface area contributed by atoms with Gasteiger partial charge in [0.25, 0.3) is 0 Å². The molecule has 3 nitrogen and oxygen atoms in total. The molecule has 3 rings (SSSR count). The molecule has 1 aromatic heterocycles. The van der Waals surface area contributed by atoms with Gasteiger partial charge in [-0.3, -0.25) is 0 Å². The molecule has 0 aliphatic heterocycles. The summed E-state index contributed by atoms with van der Waals surface area (Å²) in [4.78, 5) is 0. The van der Waals surface area contributed by atoms with Crippen molar-refractivity contribution in [2.75, 3.05) is 12.4 Å². The van der Waals surface area contributed by atoms with Crippen LogP contribution in [0.5, 0.6) is 0 Å². The van der Waals surface area contributed by atoms with Gasteiger partial charge in [0.2, 0.25) is 0 Å². The topological polar surface area (TPSA) is 37.8 Å². The molecule has 0 saturated heterocycles. The molecule has 1 N–H and O–H groups in total. The fourth-order valence-electron chi connectivity index (χ4n) is 2.19. The van der Waals surface area contributed by atoms with Gasteiger partial charge in [-0.05, 0) is 6.07 Å². The Hall–Kier alpha value is -2.63. The number of halogens is 3. The van der Waals surface area contributed by atoms with E-state index in [1.54, 1.807) is 31.3 Å². The van der Waals surface area contributed by atoms with Gasteiger partial charge in [-0.15, -0.1) is 10.2 Å². The summed E-state index contributed by atoms with van der Waals surface area (Å²) in [5.41, 5.74) is 0.0428. The molecule has 0 amide bonds. The van der Waals surface area contributed by atoms with E-state index in [1.807, 2.05) is 0 Å². The number of aromatic nitrogens is 2. The van der Waals surface area contributed by atoms with Gasteiger partial charge in [0, 0.05) is 29.4 Å². The Bertz CT molecular complexity index is 834. The van der Waals surface area contributed by atoms with E-state index in [4.69, 9.17) is 0 Å². The van der Waals surface area contributed by atoms with Crippen molar-refractivity contribution in [1.29, 1.82) is 0 Å². The molecule has 0 radical (unpaired) electrons. The molecular formula is C15H10F3N3. The van der Waals surface area contributed by atoms with E-state index in [9.17, 15) is 13.2 Å². The zero-order chi connectivity index (χ0) is 15.0. The predicted molar refractivity (Wildman–Crippen MR) is 74.4 cm³/mol. The van der Waals surface area contributed by atoms with Crippen molar-refractivity contribution in [2.24, 2.45) is 0 Å². The molecular weight excluding hydrogens is 279 g/mol. The second-order valence-electron chi connectivity index (χ2n) is 4.44. The summed E-state index contributed by atoms with van der Waals surface area (Å²) >= 11 is 0. The standard InChI is InChI=1S/C15H10F3N3/c1-19-15-9-5-3-2-4-8(9)14(20-21-15)10-6-12(17)13(18)7-11(10)16/h2-7H,1H3,(H,19,21). The zero-order valence-corrected chi connectivity index (χ0v) is 11.0. The van der Waals surface area contributed by atoms with Gasteiger partial charge in [0.05, 0.1) is 0 Å². The first-order valence-corrected chi connectivity index (χ1v) is 6.20. The molecule has 6 heteroatoms. The van der Waals surface area contributed by atoms with Gasteiger partial charge in [0.1, 0.15) is 11.5 Å². The summed E-state index contributed by atoms with van der Waals surface area (Å²) in [5.74, 6) is -2.72. The third kappa shape index (κ3) is 2.18. The number of nitrogens with zero attached hydrogens (tertiary/aromatic N) is 2. The maximum atomic E-state index is 13.9. The average molecular weight is 289 g/mol. The monoisotopic (exact) mass is 289 g/mol. The summed E-state index contributed by atoms with van der Waals surface area (Å²) in [6.07, 6.45) is 0. The van der Waals surface area contributed by atoms with Crippen molar-refractivity contribution in [3.05, 3.63) is 53.8 Å². The highest BCUT2D eigenvalue weighted by Crippen LogP contribution is 2.31. The van der Waals surface area contributed by atoms with E-state index < -0.39 is 17.5 Å². The Morgan fingerprint density at radius 3 is 2.24 bits per heavy atom. The molecule has 0 atom stereocenters. The second-order valence-corrected chi connectivity index (χ2v) is 4.44. The number of anilines is 1. The van der Waals surface area contributed by atoms with Crippen molar-refractivity contribution < 1.29 is 13.2 Å². The van der Waals surface area contributed by atoms with Crippen molar-refractivity contribution in [1.82, 2.24) is 10.2 Å². The van der Waals surface area contributed by atoms with Gasteiger partial charge < -0.3 is 5.32 Å². The minimum Gasteiger partial charge on any atom is -0.371 e. The van der Waals surface area contributed by atoms with Crippen LogP contribution in [0.15, 0.2) is 36.4 Å². The summed E-state index contributed by atoms with van der Waals surface area (Å²) in [6.45, 7) is 0. The Balaban J connectivity index is 2.34. The van der Waals surface area contributed by atoms with Crippen LogP contribution in [0.3, 0.4) is 0 Å². The lowest BCUT2D eigenvalue weighted by atomic mass is 10.0. The summed E-state index contributed by atoms with van der Waals surface area (Å²) < 4.78 is 40.4. The number of nitrogens with one attached hydrogen (secondary N) is 1. The fraction of sp³-hybridized carbons (Fsp3) is 0.0667. The third-order valence-electron chi connectivity index (χ3n) is 3.19. The van der Waals surface area contributed by atoms with Crippen molar-refractivity contribution in [3.63, 3.8) is 0 Å². The molecule has 3 aromatic rings. The van der Waals surface area contributed by atoms with Crippen LogP contribution in [0.2, 0.25) is 0 Å². The van der Waals surface area contributed by atoms with Crippen molar-refractivity contribution >= 4 is 16.6 Å². The summed E-state index contributed by atoms with van der Waals surface area (Å²) in [5, 5.41) is 12.1. The second kappa shape index (κ2) is 5.05. The number of fused-ring (bicyclic) bond motifs is 1. The van der Waals surface area contributed by atoms with Gasteiger partial charge in [-0.1, -0.05) is 24.3 Å². The lowest BCUT2D eigenvalue weighted by molar-refractivity contribution is 0.496. The Morgan fingerprint density at radius 1 is 0.857 bits per heavy atom. The van der Waals surface area contributed by atoms with Crippen LogP contribution in [0, 0.1) is 17.5 Å². The lowest BCUT2D eigenvalue weighted by Crippen LogP contribution is -2.00. The minimum absolute atomic E-state index is 0.125. The number of rotatable bonds is 2. The molecule has 0 aliphatic rings. The van der Waals surface area contributed by atoms with Gasteiger partial charge in [-0.2, -0.15) is 0 Å². The van der Waals surface area contributed by atoms with Gasteiger partial charge in [0.15, 0.2) is 17.5 Å². The largest absolute Gasteiger partial charge is 0.371 e. The third-order valence-corrected chi connectivity index (χ3v) is 3.19. The quantitative estimate of drug-likeness (QED) is 0.730. The average Bonchev–Trinajstić information content (AvgIpc) is 2.50. The first-order chi connectivity index (χ1) is 10.1.